The molecule has 2 saturated carbocycles. The van der Waals surface area contributed by atoms with Crippen LogP contribution >= 0.6 is 0 Å². The van der Waals surface area contributed by atoms with Gasteiger partial charge in [-0.2, -0.15) is 0 Å². The van der Waals surface area contributed by atoms with E-state index >= 15 is 0 Å². The maximum absolute atomic E-state index is 14.6. The molecule has 2 N–H and O–H groups in total. The van der Waals surface area contributed by atoms with E-state index in [-0.39, 0.29) is 12.2 Å². The Morgan fingerprint density at radius 3 is 2.51 bits per heavy atom. The van der Waals surface area contributed by atoms with Crippen LogP contribution in [0.25, 0.3) is 0 Å². The molecular weight excluding hydrogens is 524 g/mol. The van der Waals surface area contributed by atoms with Crippen LogP contribution < -0.4 is 5.32 Å². The largest absolute Gasteiger partial charge is 0.443 e. The van der Waals surface area contributed by atoms with Crippen LogP contribution in [0.2, 0.25) is 0 Å². The second-order valence-electron chi connectivity index (χ2n) is 13.8. The summed E-state index contributed by atoms with van der Waals surface area (Å²) in [6, 6.07) is 9.87. The number of aliphatic hydroxyl groups is 1. The van der Waals surface area contributed by atoms with Gasteiger partial charge in [-0.1, -0.05) is 57.2 Å². The number of rotatable bonds is 6. The van der Waals surface area contributed by atoms with E-state index in [9.17, 15) is 14.7 Å². The summed E-state index contributed by atoms with van der Waals surface area (Å²) >= 11 is 0. The average molecular weight is 571 g/mol. The van der Waals surface area contributed by atoms with Crippen LogP contribution in [0.15, 0.2) is 43.0 Å². The summed E-state index contributed by atoms with van der Waals surface area (Å²) < 4.78 is 26.2. The Hall–Kier alpha value is -2.30. The number of ether oxygens (including phenoxy) is 4. The van der Waals surface area contributed by atoms with E-state index in [0.717, 1.165) is 12.0 Å². The van der Waals surface area contributed by atoms with Crippen LogP contribution in [0.5, 0.6) is 0 Å². The topological polar surface area (TPSA) is 107 Å². The lowest BCUT2D eigenvalue weighted by Gasteiger charge is -2.74. The number of hydrogen-bond acceptors (Lipinski definition) is 8. The van der Waals surface area contributed by atoms with Crippen molar-refractivity contribution < 1.29 is 33.6 Å². The molecule has 1 unspecified atom stereocenters. The zero-order chi connectivity index (χ0) is 30.0. The fourth-order valence-electron chi connectivity index (χ4n) is 8.54. The highest BCUT2D eigenvalue weighted by Gasteiger charge is 2.84. The van der Waals surface area contributed by atoms with Crippen molar-refractivity contribution in [3.63, 3.8) is 0 Å². The minimum absolute atomic E-state index is 0.0416. The molecule has 2 saturated heterocycles. The SMILES string of the molecule is C=C[C@@]1(C)CC(=O)[C@@]23OC(N(C)C)O[C@H]4CCC(C)(C)[C@H]([C@H](OC(=O)NCCc5ccccc5)[C@H](O)[C@@]2(C)O1)[C@]43C. The number of carbonyl (C=O) groups is 2. The molecule has 0 bridgehead atoms. The van der Waals surface area contributed by atoms with Crippen molar-refractivity contribution >= 4 is 11.9 Å². The van der Waals surface area contributed by atoms with Gasteiger partial charge in [-0.15, -0.1) is 6.58 Å². The second-order valence-corrected chi connectivity index (χ2v) is 13.8. The van der Waals surface area contributed by atoms with Crippen molar-refractivity contribution in [3.8, 4) is 0 Å². The van der Waals surface area contributed by atoms with Gasteiger partial charge in [-0.05, 0) is 58.2 Å². The highest BCUT2D eigenvalue weighted by Crippen LogP contribution is 2.70. The number of carbonyl (C=O) groups excluding carboxylic acids is 2. The van der Waals surface area contributed by atoms with Crippen molar-refractivity contribution in [2.45, 2.75) is 102 Å². The Labute approximate surface area is 243 Å². The Kier molecular flexibility index (Phi) is 7.47. The molecule has 9 heteroatoms. The fraction of sp³-hybridized carbons (Fsp3) is 0.688. The Morgan fingerprint density at radius 1 is 1.20 bits per heavy atom. The third-order valence-corrected chi connectivity index (χ3v) is 10.4. The maximum atomic E-state index is 14.6. The van der Waals surface area contributed by atoms with Crippen LogP contribution in [0.4, 0.5) is 4.79 Å². The van der Waals surface area contributed by atoms with Crippen molar-refractivity contribution in [1.82, 2.24) is 10.2 Å². The minimum atomic E-state index is -1.57. The summed E-state index contributed by atoms with van der Waals surface area (Å²) in [5, 5.41) is 15.1. The number of ketones is 1. The Morgan fingerprint density at radius 2 is 1.88 bits per heavy atom. The smallest absolute Gasteiger partial charge is 0.407 e. The number of aliphatic hydroxyl groups excluding tert-OH is 1. The first-order valence-electron chi connectivity index (χ1n) is 14.7. The fourth-order valence-corrected chi connectivity index (χ4v) is 8.54. The highest BCUT2D eigenvalue weighted by molar-refractivity contribution is 5.93. The predicted molar refractivity (Wildman–Crippen MR) is 153 cm³/mol. The zero-order valence-electron chi connectivity index (χ0n) is 25.4. The molecule has 1 spiro atoms. The third-order valence-electron chi connectivity index (χ3n) is 10.4. The van der Waals surface area contributed by atoms with E-state index in [1.165, 1.54) is 0 Å². The van der Waals surface area contributed by atoms with Crippen molar-refractivity contribution in [1.29, 1.82) is 0 Å². The van der Waals surface area contributed by atoms with E-state index < -0.39 is 64.4 Å². The quantitative estimate of drug-likeness (QED) is 0.497. The third kappa shape index (κ3) is 4.38. The molecular formula is C32H46N2O7. The zero-order valence-corrected chi connectivity index (χ0v) is 25.4. The number of Topliss-reactive ketones (excluding diaryl/α,β-unsaturated/α-hetero) is 1. The number of nitrogens with one attached hydrogen (secondary N) is 1. The first kappa shape index (κ1) is 30.2. The van der Waals surface area contributed by atoms with Crippen molar-refractivity contribution in [2.75, 3.05) is 20.6 Å². The van der Waals surface area contributed by atoms with Gasteiger partial charge in [0.2, 0.25) is 6.41 Å². The number of amides is 1. The predicted octanol–water partition coefficient (Wildman–Crippen LogP) is 3.83. The summed E-state index contributed by atoms with van der Waals surface area (Å²) in [6.07, 6.45) is -0.486. The lowest BCUT2D eigenvalue weighted by atomic mass is 9.39. The molecule has 4 aliphatic rings. The monoisotopic (exact) mass is 570 g/mol. The summed E-state index contributed by atoms with van der Waals surface area (Å²) in [5.74, 6) is -0.635. The molecule has 1 aromatic carbocycles. The van der Waals surface area contributed by atoms with Crippen molar-refractivity contribution in [3.05, 3.63) is 48.6 Å². The molecule has 9 atom stereocenters. The molecule has 2 aliphatic heterocycles. The first-order chi connectivity index (χ1) is 19.1. The second kappa shape index (κ2) is 10.2. The van der Waals surface area contributed by atoms with Crippen molar-refractivity contribution in [2.24, 2.45) is 16.7 Å². The minimum Gasteiger partial charge on any atom is -0.443 e. The van der Waals surface area contributed by atoms with Gasteiger partial charge in [0.15, 0.2) is 11.4 Å². The van der Waals surface area contributed by atoms with Gasteiger partial charge in [-0.25, -0.2) is 4.79 Å². The number of nitrogens with zero attached hydrogens (tertiary/aromatic N) is 1. The molecule has 9 nitrogen and oxygen atoms in total. The molecule has 226 valence electrons. The lowest BCUT2D eigenvalue weighted by molar-refractivity contribution is -0.456. The molecule has 5 rings (SSSR count). The van der Waals surface area contributed by atoms with Crippen LogP contribution in [0.3, 0.4) is 0 Å². The van der Waals surface area contributed by atoms with Gasteiger partial charge in [0.1, 0.15) is 17.8 Å². The summed E-state index contributed by atoms with van der Waals surface area (Å²) in [6.45, 7) is 14.0. The van der Waals surface area contributed by atoms with Crippen LogP contribution in [-0.2, 0) is 30.2 Å². The molecule has 2 aliphatic carbocycles. The van der Waals surface area contributed by atoms with E-state index in [2.05, 4.69) is 25.7 Å². The van der Waals surface area contributed by atoms with Gasteiger partial charge in [-0.3, -0.25) is 9.69 Å². The van der Waals surface area contributed by atoms with E-state index in [4.69, 9.17) is 18.9 Å². The molecule has 41 heavy (non-hydrogen) atoms. The van der Waals surface area contributed by atoms with Gasteiger partial charge >= 0.3 is 6.09 Å². The number of alkyl carbamates (subject to hydrolysis) is 1. The van der Waals surface area contributed by atoms with Gasteiger partial charge in [0, 0.05) is 24.3 Å². The van der Waals surface area contributed by atoms with E-state index in [0.29, 0.717) is 19.4 Å². The Balaban J connectivity index is 1.57. The molecule has 1 aromatic rings. The van der Waals surface area contributed by atoms with Crippen LogP contribution in [0.1, 0.15) is 59.4 Å². The number of hydrogen-bond donors (Lipinski definition) is 2. The first-order valence-corrected chi connectivity index (χ1v) is 14.7. The number of benzene rings is 1. The van der Waals surface area contributed by atoms with E-state index in [1.807, 2.05) is 51.4 Å². The Bertz CT molecular complexity index is 1190. The molecule has 1 amide bonds. The average Bonchev–Trinajstić information content (AvgIpc) is 2.90. The normalized spacial score (nSPS) is 43.0. The van der Waals surface area contributed by atoms with Crippen LogP contribution in [0, 0.1) is 16.7 Å². The molecule has 0 aromatic heterocycles. The van der Waals surface area contributed by atoms with Gasteiger partial charge in [0.25, 0.3) is 0 Å². The van der Waals surface area contributed by atoms with Gasteiger partial charge < -0.3 is 29.4 Å². The molecule has 4 fully saturated rings. The molecule has 0 radical (unpaired) electrons. The van der Waals surface area contributed by atoms with Gasteiger partial charge in [0.05, 0.1) is 11.7 Å². The molecule has 2 heterocycles. The summed E-state index contributed by atoms with van der Waals surface area (Å²) in [4.78, 5) is 29.7. The summed E-state index contributed by atoms with van der Waals surface area (Å²) in [5.41, 5.74) is -4.49. The standard InChI is InChI=1S/C32H46N2O7/c1-9-29(4)19-21(35)32-30(5)22(38-27(40-32)34(7)8)15-17-28(2,3)24(30)23(25(36)31(32,6)41-29)39-26(37)33-18-16-20-13-11-10-12-14-20/h9-14,22-25,27,36H,1,15-19H2,2-8H3,(H,33,37)/t22-,23-,24-,25-,27?,29-,30-,31+,32-/m0/s1. The highest BCUT2D eigenvalue weighted by atomic mass is 16.7. The summed E-state index contributed by atoms with van der Waals surface area (Å²) in [7, 11) is 3.66. The van der Waals surface area contributed by atoms with Crippen LogP contribution in [-0.4, -0.2) is 84.1 Å². The van der Waals surface area contributed by atoms with E-state index in [1.54, 1.807) is 24.8 Å². The lowest BCUT2D eigenvalue weighted by Crippen LogP contribution is -2.89. The maximum Gasteiger partial charge on any atom is 0.407 e.